The van der Waals surface area contributed by atoms with Crippen LogP contribution in [0.4, 0.5) is 8.78 Å². The Morgan fingerprint density at radius 3 is 2.50 bits per heavy atom. The predicted molar refractivity (Wildman–Crippen MR) is 125 cm³/mol. The van der Waals surface area contributed by atoms with Gasteiger partial charge in [-0.05, 0) is 55.9 Å². The highest BCUT2D eigenvalue weighted by atomic mass is 19.1. The number of amides is 1. The number of fused-ring (bicyclic) bond motifs is 1. The zero-order valence-electron chi connectivity index (χ0n) is 19.2. The van der Waals surface area contributed by atoms with Crippen LogP contribution in [0.3, 0.4) is 0 Å². The van der Waals surface area contributed by atoms with Crippen LogP contribution in [0.1, 0.15) is 51.6 Å². The van der Waals surface area contributed by atoms with E-state index in [1.165, 1.54) is 27.4 Å². The summed E-state index contributed by atoms with van der Waals surface area (Å²) in [4.78, 5) is 26.8. The van der Waals surface area contributed by atoms with E-state index in [9.17, 15) is 18.4 Å². The third-order valence-corrected chi connectivity index (χ3v) is 6.40. The quantitative estimate of drug-likeness (QED) is 0.477. The highest BCUT2D eigenvalue weighted by molar-refractivity contribution is 6.08. The molecule has 1 saturated carbocycles. The number of carbonyl (C=O) groups is 1. The lowest BCUT2D eigenvalue weighted by Gasteiger charge is -2.18. The molecule has 0 spiro atoms. The van der Waals surface area contributed by atoms with E-state index in [4.69, 9.17) is 0 Å². The van der Waals surface area contributed by atoms with Gasteiger partial charge in [0, 0.05) is 30.7 Å². The van der Waals surface area contributed by atoms with Gasteiger partial charge in [0.05, 0.1) is 16.6 Å². The first-order chi connectivity index (χ1) is 16.3. The largest absolute Gasteiger partial charge is 0.348 e. The maximum Gasteiger partial charge on any atom is 0.267 e. The second-order valence-electron chi connectivity index (χ2n) is 8.80. The van der Waals surface area contributed by atoms with Crippen molar-refractivity contribution >= 4 is 16.7 Å². The number of nitrogens with one attached hydrogen (secondary N) is 1. The fraction of sp³-hybridized carbons (Fsp3) is 0.269. The first-order valence-corrected chi connectivity index (χ1v) is 11.2. The molecule has 2 heterocycles. The van der Waals surface area contributed by atoms with Gasteiger partial charge in [0.1, 0.15) is 17.5 Å². The Hall–Kier alpha value is -3.81. The van der Waals surface area contributed by atoms with Crippen LogP contribution in [0.15, 0.2) is 47.3 Å². The number of halogens is 2. The average Bonchev–Trinajstić information content (AvgIpc) is 3.56. The van der Waals surface area contributed by atoms with Gasteiger partial charge in [-0.1, -0.05) is 24.3 Å². The minimum atomic E-state index is -0.703. The lowest BCUT2D eigenvalue weighted by molar-refractivity contribution is 0.0951. The third kappa shape index (κ3) is 3.59. The smallest absolute Gasteiger partial charge is 0.267 e. The maximum absolute atomic E-state index is 14.9. The minimum Gasteiger partial charge on any atom is -0.348 e. The first kappa shape index (κ1) is 22.0. The highest BCUT2D eigenvalue weighted by Crippen LogP contribution is 2.43. The monoisotopic (exact) mass is 462 g/mol. The SMILES string of the molecule is Cc1cc(-n2c(C)c(C(=O)NCc3cccc(F)c3C3CC3)c3cccc(F)c3c2=O)n(C)n1. The van der Waals surface area contributed by atoms with Crippen LogP contribution < -0.4 is 10.9 Å². The topological polar surface area (TPSA) is 68.9 Å². The molecule has 1 amide bonds. The summed E-state index contributed by atoms with van der Waals surface area (Å²) in [6.45, 7) is 3.57. The van der Waals surface area contributed by atoms with E-state index in [0.717, 1.165) is 18.4 Å². The van der Waals surface area contributed by atoms with Crippen LogP contribution in [0.25, 0.3) is 16.6 Å². The molecule has 1 aliphatic rings. The van der Waals surface area contributed by atoms with E-state index in [0.29, 0.717) is 22.8 Å². The molecular weight excluding hydrogens is 438 g/mol. The summed E-state index contributed by atoms with van der Waals surface area (Å²) in [6.07, 6.45) is 1.86. The summed E-state index contributed by atoms with van der Waals surface area (Å²) >= 11 is 0. The number of hydrogen-bond donors (Lipinski definition) is 1. The Kier molecular flexibility index (Phi) is 5.31. The third-order valence-electron chi connectivity index (χ3n) is 6.40. The van der Waals surface area contributed by atoms with Crippen molar-refractivity contribution in [2.45, 2.75) is 39.2 Å². The Balaban J connectivity index is 1.63. The van der Waals surface area contributed by atoms with Crippen LogP contribution in [-0.4, -0.2) is 20.3 Å². The van der Waals surface area contributed by atoms with Crippen LogP contribution in [0.2, 0.25) is 0 Å². The van der Waals surface area contributed by atoms with Gasteiger partial charge in [-0.3, -0.25) is 18.8 Å². The summed E-state index contributed by atoms with van der Waals surface area (Å²) in [6, 6.07) is 10.8. The van der Waals surface area contributed by atoms with Crippen LogP contribution in [-0.2, 0) is 13.6 Å². The zero-order valence-corrected chi connectivity index (χ0v) is 19.2. The number of pyridine rings is 1. The Morgan fingerprint density at radius 1 is 1.12 bits per heavy atom. The van der Waals surface area contributed by atoms with Gasteiger partial charge in [-0.2, -0.15) is 5.10 Å². The Morgan fingerprint density at radius 2 is 1.82 bits per heavy atom. The van der Waals surface area contributed by atoms with E-state index in [2.05, 4.69) is 10.4 Å². The highest BCUT2D eigenvalue weighted by Gasteiger charge is 2.29. The first-order valence-electron chi connectivity index (χ1n) is 11.2. The predicted octanol–water partition coefficient (Wildman–Crippen LogP) is 4.43. The van der Waals surface area contributed by atoms with Gasteiger partial charge in [0.15, 0.2) is 0 Å². The van der Waals surface area contributed by atoms with Crippen molar-refractivity contribution in [2.75, 3.05) is 0 Å². The average molecular weight is 463 g/mol. The lowest BCUT2D eigenvalue weighted by atomic mass is 10.0. The molecule has 1 N–H and O–H groups in total. The van der Waals surface area contributed by atoms with Crippen molar-refractivity contribution in [1.29, 1.82) is 0 Å². The molecule has 4 aromatic rings. The lowest BCUT2D eigenvalue weighted by Crippen LogP contribution is -2.31. The molecule has 0 atom stereocenters. The second kappa shape index (κ2) is 8.20. The number of carbonyl (C=O) groups excluding carboxylic acids is 1. The minimum absolute atomic E-state index is 0.128. The second-order valence-corrected chi connectivity index (χ2v) is 8.80. The number of benzene rings is 2. The van der Waals surface area contributed by atoms with E-state index >= 15 is 0 Å². The summed E-state index contributed by atoms with van der Waals surface area (Å²) in [5, 5.41) is 7.23. The molecule has 1 aliphatic carbocycles. The molecule has 8 heteroatoms. The van der Waals surface area contributed by atoms with Crippen molar-refractivity contribution in [3.8, 4) is 5.82 Å². The van der Waals surface area contributed by atoms with Gasteiger partial charge >= 0.3 is 0 Å². The van der Waals surface area contributed by atoms with E-state index < -0.39 is 17.3 Å². The van der Waals surface area contributed by atoms with Crippen molar-refractivity contribution in [1.82, 2.24) is 19.7 Å². The van der Waals surface area contributed by atoms with Crippen LogP contribution in [0, 0.1) is 25.5 Å². The molecule has 0 aliphatic heterocycles. The molecular formula is C26H24F2N4O2. The summed E-state index contributed by atoms with van der Waals surface area (Å²) in [7, 11) is 1.68. The fourth-order valence-electron chi connectivity index (χ4n) is 4.72. The molecule has 0 bridgehead atoms. The van der Waals surface area contributed by atoms with Crippen molar-refractivity contribution < 1.29 is 13.6 Å². The van der Waals surface area contributed by atoms with Gasteiger partial charge in [-0.25, -0.2) is 8.78 Å². The summed E-state index contributed by atoms with van der Waals surface area (Å²) < 4.78 is 32.1. The van der Waals surface area contributed by atoms with Gasteiger partial charge in [0.25, 0.3) is 11.5 Å². The number of aromatic nitrogens is 3. The molecule has 34 heavy (non-hydrogen) atoms. The maximum atomic E-state index is 14.9. The van der Waals surface area contributed by atoms with Gasteiger partial charge in [-0.15, -0.1) is 0 Å². The van der Waals surface area contributed by atoms with Gasteiger partial charge in [0.2, 0.25) is 0 Å². The summed E-state index contributed by atoms with van der Waals surface area (Å²) in [5.41, 5.74) is 2.04. The molecule has 2 aromatic carbocycles. The summed E-state index contributed by atoms with van der Waals surface area (Å²) in [5.74, 6) is -0.824. The van der Waals surface area contributed by atoms with E-state index in [1.54, 1.807) is 45.2 Å². The van der Waals surface area contributed by atoms with Crippen molar-refractivity contribution in [3.63, 3.8) is 0 Å². The molecule has 0 radical (unpaired) electrons. The number of hydrogen-bond acceptors (Lipinski definition) is 3. The van der Waals surface area contributed by atoms with E-state index in [-0.39, 0.29) is 34.6 Å². The van der Waals surface area contributed by atoms with E-state index in [1.807, 2.05) is 0 Å². The molecule has 1 fully saturated rings. The van der Waals surface area contributed by atoms with Crippen molar-refractivity contribution in [2.24, 2.45) is 7.05 Å². The molecule has 5 rings (SSSR count). The Bertz CT molecular complexity index is 1520. The normalized spacial score (nSPS) is 13.4. The number of aryl methyl sites for hydroxylation is 2. The molecule has 0 saturated heterocycles. The Labute approximate surface area is 194 Å². The number of rotatable bonds is 5. The molecule has 2 aromatic heterocycles. The van der Waals surface area contributed by atoms with Crippen molar-refractivity contribution in [3.05, 3.63) is 92.5 Å². The zero-order chi connectivity index (χ0) is 24.1. The molecule has 174 valence electrons. The van der Waals surface area contributed by atoms with Crippen LogP contribution >= 0.6 is 0 Å². The standard InChI is InChI=1S/C26H24F2N4O2/c1-14-12-21(31(3)30-14)32-15(2)22(18-7-5-9-20(28)24(18)26(32)34)25(33)29-13-17-6-4-8-19(27)23(17)16-10-11-16/h4-9,12,16H,10-11,13H2,1-3H3,(H,29,33). The fourth-order valence-corrected chi connectivity index (χ4v) is 4.72. The van der Waals surface area contributed by atoms with Gasteiger partial charge < -0.3 is 5.32 Å². The number of nitrogens with zero attached hydrogens (tertiary/aromatic N) is 3. The van der Waals surface area contributed by atoms with Crippen LogP contribution in [0.5, 0.6) is 0 Å². The molecule has 6 nitrogen and oxygen atoms in total. The molecule has 0 unspecified atom stereocenters.